The molecule has 2 rings (SSSR count). The predicted molar refractivity (Wildman–Crippen MR) is 66.1 cm³/mol. The summed E-state index contributed by atoms with van der Waals surface area (Å²) in [4.78, 5) is 6.84. The molecule has 2 aromatic rings. The van der Waals surface area contributed by atoms with Gasteiger partial charge in [0.2, 0.25) is 0 Å². The zero-order valence-electron chi connectivity index (χ0n) is 9.10. The molecular weight excluding hydrogens is 234 g/mol. The van der Waals surface area contributed by atoms with Crippen LogP contribution >= 0.6 is 12.2 Å². The number of benzene rings is 1. The molecule has 0 aliphatic heterocycles. The quantitative estimate of drug-likeness (QED) is 0.824. The molecule has 84 valence electrons. The Morgan fingerprint density at radius 2 is 2.24 bits per heavy atom. The van der Waals surface area contributed by atoms with E-state index >= 15 is 0 Å². The number of methoxy groups -OCH3 is 1. The zero-order valence-corrected chi connectivity index (χ0v) is 9.91. The SMILES string of the molecule is COc1ccc(C#N)cc1-c1cnc[nH]c1=S. The van der Waals surface area contributed by atoms with Gasteiger partial charge in [-0.1, -0.05) is 12.2 Å². The van der Waals surface area contributed by atoms with E-state index in [2.05, 4.69) is 16.0 Å². The van der Waals surface area contributed by atoms with Crippen molar-refractivity contribution in [2.45, 2.75) is 0 Å². The molecule has 17 heavy (non-hydrogen) atoms. The molecule has 0 radical (unpaired) electrons. The van der Waals surface area contributed by atoms with E-state index in [1.807, 2.05) is 0 Å². The van der Waals surface area contributed by atoms with E-state index in [0.717, 1.165) is 11.1 Å². The van der Waals surface area contributed by atoms with E-state index in [1.54, 1.807) is 31.5 Å². The Labute approximate surface area is 104 Å². The minimum Gasteiger partial charge on any atom is -0.496 e. The van der Waals surface area contributed by atoms with Crippen LogP contribution in [0.25, 0.3) is 11.1 Å². The molecular formula is C12H9N3OS. The lowest BCUT2D eigenvalue weighted by atomic mass is 10.1. The summed E-state index contributed by atoms with van der Waals surface area (Å²) in [6, 6.07) is 7.27. The van der Waals surface area contributed by atoms with Gasteiger partial charge in [0.15, 0.2) is 0 Å². The molecule has 1 heterocycles. The molecule has 0 atom stereocenters. The molecule has 0 saturated carbocycles. The fraction of sp³-hybridized carbons (Fsp3) is 0.0833. The summed E-state index contributed by atoms with van der Waals surface area (Å²) in [6.45, 7) is 0. The van der Waals surface area contributed by atoms with Gasteiger partial charge in [-0.15, -0.1) is 0 Å². The van der Waals surface area contributed by atoms with Crippen LogP contribution in [0, 0.1) is 16.0 Å². The Kier molecular flexibility index (Phi) is 3.17. The van der Waals surface area contributed by atoms with Crippen molar-refractivity contribution in [2.24, 2.45) is 0 Å². The molecule has 0 spiro atoms. The van der Waals surface area contributed by atoms with Crippen LogP contribution in [0.4, 0.5) is 0 Å². The molecule has 5 heteroatoms. The van der Waals surface area contributed by atoms with Crippen LogP contribution in [0.5, 0.6) is 5.75 Å². The highest BCUT2D eigenvalue weighted by Crippen LogP contribution is 2.30. The molecule has 1 N–H and O–H groups in total. The third-order valence-corrected chi connectivity index (χ3v) is 2.67. The van der Waals surface area contributed by atoms with Gasteiger partial charge >= 0.3 is 0 Å². The molecule has 0 aliphatic rings. The normalized spacial score (nSPS) is 9.65. The van der Waals surface area contributed by atoms with Gasteiger partial charge in [0.25, 0.3) is 0 Å². The second-order valence-electron chi connectivity index (χ2n) is 3.32. The molecule has 0 saturated heterocycles. The second-order valence-corrected chi connectivity index (χ2v) is 3.73. The monoisotopic (exact) mass is 243 g/mol. The Morgan fingerprint density at radius 1 is 1.41 bits per heavy atom. The molecule has 0 amide bonds. The fourth-order valence-corrected chi connectivity index (χ4v) is 1.74. The summed E-state index contributed by atoms with van der Waals surface area (Å²) >= 11 is 5.19. The van der Waals surface area contributed by atoms with Crippen LogP contribution in [0.15, 0.2) is 30.7 Å². The molecule has 4 nitrogen and oxygen atoms in total. The first kappa shape index (κ1) is 11.3. The lowest BCUT2D eigenvalue weighted by molar-refractivity contribution is 0.416. The van der Waals surface area contributed by atoms with Crippen molar-refractivity contribution in [3.63, 3.8) is 0 Å². The van der Waals surface area contributed by atoms with Crippen LogP contribution in [0.2, 0.25) is 0 Å². The Bertz CT molecular complexity index is 643. The molecule has 1 aromatic carbocycles. The lowest BCUT2D eigenvalue weighted by Crippen LogP contribution is -1.91. The Hall–Kier alpha value is -2.19. The van der Waals surface area contributed by atoms with Gasteiger partial charge in [0.05, 0.1) is 25.1 Å². The van der Waals surface area contributed by atoms with E-state index in [-0.39, 0.29) is 0 Å². The van der Waals surface area contributed by atoms with Gasteiger partial charge < -0.3 is 9.72 Å². The topological polar surface area (TPSA) is 61.7 Å². The first-order valence-electron chi connectivity index (χ1n) is 4.87. The predicted octanol–water partition coefficient (Wildman–Crippen LogP) is 2.69. The van der Waals surface area contributed by atoms with Crippen molar-refractivity contribution in [3.8, 4) is 22.9 Å². The van der Waals surface area contributed by atoms with Crippen molar-refractivity contribution in [3.05, 3.63) is 40.9 Å². The molecule has 0 fully saturated rings. The summed E-state index contributed by atoms with van der Waals surface area (Å²) in [5, 5.41) is 8.90. The van der Waals surface area contributed by atoms with Crippen LogP contribution in [0.1, 0.15) is 5.56 Å². The van der Waals surface area contributed by atoms with Gasteiger partial charge in [-0.2, -0.15) is 5.26 Å². The van der Waals surface area contributed by atoms with Gasteiger partial charge in [-0.25, -0.2) is 4.98 Å². The number of ether oxygens (including phenoxy) is 1. The largest absolute Gasteiger partial charge is 0.496 e. The number of rotatable bonds is 2. The average molecular weight is 243 g/mol. The van der Waals surface area contributed by atoms with Gasteiger partial charge in [-0.05, 0) is 18.2 Å². The number of hydrogen-bond donors (Lipinski definition) is 1. The number of nitriles is 1. The van der Waals surface area contributed by atoms with Crippen LogP contribution in [-0.4, -0.2) is 17.1 Å². The highest BCUT2D eigenvalue weighted by Gasteiger charge is 2.08. The standard InChI is InChI=1S/C12H9N3OS/c1-16-11-3-2-8(5-13)4-9(11)10-6-14-7-15-12(10)17/h2-4,6-7H,1H3,(H,14,15,17). The minimum atomic E-state index is 0.555. The summed E-state index contributed by atoms with van der Waals surface area (Å²) < 4.78 is 5.82. The average Bonchev–Trinajstić information content (AvgIpc) is 2.38. The van der Waals surface area contributed by atoms with Gasteiger partial charge in [-0.3, -0.25) is 0 Å². The first-order valence-corrected chi connectivity index (χ1v) is 5.28. The number of hydrogen-bond acceptors (Lipinski definition) is 4. The maximum atomic E-state index is 8.90. The molecule has 1 aromatic heterocycles. The third kappa shape index (κ3) is 2.17. The van der Waals surface area contributed by atoms with Crippen molar-refractivity contribution >= 4 is 12.2 Å². The second kappa shape index (κ2) is 4.76. The number of nitrogens with zero attached hydrogens (tertiary/aromatic N) is 2. The van der Waals surface area contributed by atoms with E-state index in [9.17, 15) is 0 Å². The fourth-order valence-electron chi connectivity index (χ4n) is 1.52. The smallest absolute Gasteiger partial charge is 0.126 e. The van der Waals surface area contributed by atoms with Crippen molar-refractivity contribution in [1.82, 2.24) is 9.97 Å². The van der Waals surface area contributed by atoms with Gasteiger partial charge in [0, 0.05) is 17.3 Å². The summed E-state index contributed by atoms with van der Waals surface area (Å²) in [5.41, 5.74) is 2.07. The van der Waals surface area contributed by atoms with E-state index in [0.29, 0.717) is 16.0 Å². The molecule has 0 unspecified atom stereocenters. The highest BCUT2D eigenvalue weighted by atomic mass is 32.1. The molecule has 0 aliphatic carbocycles. The maximum Gasteiger partial charge on any atom is 0.126 e. The maximum absolute atomic E-state index is 8.90. The number of nitrogens with one attached hydrogen (secondary N) is 1. The lowest BCUT2D eigenvalue weighted by Gasteiger charge is -2.08. The first-order chi connectivity index (χ1) is 8.26. The minimum absolute atomic E-state index is 0.555. The van der Waals surface area contributed by atoms with E-state index in [1.165, 1.54) is 6.33 Å². The zero-order chi connectivity index (χ0) is 12.3. The van der Waals surface area contributed by atoms with Crippen LogP contribution in [0.3, 0.4) is 0 Å². The molecule has 0 bridgehead atoms. The number of H-pyrrole nitrogens is 1. The van der Waals surface area contributed by atoms with Crippen molar-refractivity contribution in [1.29, 1.82) is 5.26 Å². The number of aromatic amines is 1. The van der Waals surface area contributed by atoms with Crippen molar-refractivity contribution in [2.75, 3.05) is 7.11 Å². The summed E-state index contributed by atoms with van der Waals surface area (Å²) in [5.74, 6) is 0.663. The Balaban J connectivity index is 2.70. The van der Waals surface area contributed by atoms with E-state index < -0.39 is 0 Å². The van der Waals surface area contributed by atoms with Crippen LogP contribution < -0.4 is 4.74 Å². The van der Waals surface area contributed by atoms with Crippen molar-refractivity contribution < 1.29 is 4.74 Å². The van der Waals surface area contributed by atoms with Gasteiger partial charge in [0.1, 0.15) is 10.4 Å². The Morgan fingerprint density at radius 3 is 2.88 bits per heavy atom. The highest BCUT2D eigenvalue weighted by molar-refractivity contribution is 7.71. The van der Waals surface area contributed by atoms with E-state index in [4.69, 9.17) is 22.2 Å². The number of aromatic nitrogens is 2. The summed E-state index contributed by atoms with van der Waals surface area (Å²) in [6.07, 6.45) is 3.17. The third-order valence-electron chi connectivity index (χ3n) is 2.34. The summed E-state index contributed by atoms with van der Waals surface area (Å²) in [7, 11) is 1.58. The van der Waals surface area contributed by atoms with Crippen LogP contribution in [-0.2, 0) is 0 Å².